The van der Waals surface area contributed by atoms with E-state index < -0.39 is 10.8 Å². The third-order valence-corrected chi connectivity index (χ3v) is 6.26. The molecule has 0 bridgehead atoms. The molecule has 0 atom stereocenters. The Bertz CT molecular complexity index is 1060. The molecule has 2 aromatic carbocycles. The Hall–Kier alpha value is -3.13. The Labute approximate surface area is 191 Å². The van der Waals surface area contributed by atoms with Crippen molar-refractivity contribution in [3.8, 4) is 0 Å². The van der Waals surface area contributed by atoms with Crippen molar-refractivity contribution < 1.29 is 14.5 Å². The Kier molecular flexibility index (Phi) is 6.32. The molecule has 1 saturated carbocycles. The molecule has 0 unspecified atom stereocenters. The molecule has 8 nitrogen and oxygen atoms in total. The smallest absolute Gasteiger partial charge is 0.270 e. The van der Waals surface area contributed by atoms with Crippen LogP contribution in [0.15, 0.2) is 36.4 Å². The number of non-ortho nitro benzene ring substituents is 1. The number of piperidine rings is 1. The number of nitrogens with zero attached hydrogens (tertiary/aromatic N) is 2. The predicted octanol–water partition coefficient (Wildman–Crippen LogP) is 4.63. The van der Waals surface area contributed by atoms with Gasteiger partial charge < -0.3 is 15.5 Å². The summed E-state index contributed by atoms with van der Waals surface area (Å²) in [4.78, 5) is 38.2. The fraction of sp³-hybridized carbons (Fsp3) is 0.391. The van der Waals surface area contributed by atoms with E-state index in [1.165, 1.54) is 12.1 Å². The van der Waals surface area contributed by atoms with Crippen LogP contribution in [0.2, 0.25) is 5.02 Å². The van der Waals surface area contributed by atoms with Crippen LogP contribution in [0, 0.1) is 16.0 Å². The first-order valence-corrected chi connectivity index (χ1v) is 11.1. The molecule has 9 heteroatoms. The number of rotatable bonds is 6. The number of benzene rings is 2. The number of nitrogens with one attached hydrogen (secondary N) is 2. The van der Waals surface area contributed by atoms with Gasteiger partial charge in [0.15, 0.2) is 0 Å². The minimum atomic E-state index is -0.571. The van der Waals surface area contributed by atoms with Gasteiger partial charge >= 0.3 is 0 Å². The van der Waals surface area contributed by atoms with Gasteiger partial charge in [-0.25, -0.2) is 0 Å². The summed E-state index contributed by atoms with van der Waals surface area (Å²) in [5.74, 6) is 0.0172. The maximum Gasteiger partial charge on any atom is 0.270 e. The normalized spacial score (nSPS) is 16.5. The summed E-state index contributed by atoms with van der Waals surface area (Å²) in [5, 5.41) is 16.7. The summed E-state index contributed by atoms with van der Waals surface area (Å²) in [6, 6.07) is 9.22. The zero-order chi connectivity index (χ0) is 22.8. The van der Waals surface area contributed by atoms with Crippen LogP contribution in [0.1, 0.15) is 53.3 Å². The van der Waals surface area contributed by atoms with Crippen LogP contribution in [0.5, 0.6) is 0 Å². The van der Waals surface area contributed by atoms with Crippen LogP contribution >= 0.6 is 11.6 Å². The summed E-state index contributed by atoms with van der Waals surface area (Å²) in [6.07, 6.45) is 4.11. The van der Waals surface area contributed by atoms with E-state index in [1.807, 2.05) is 6.07 Å². The van der Waals surface area contributed by atoms with Gasteiger partial charge in [-0.05, 0) is 55.9 Å². The number of nitro groups is 1. The number of hydrogen-bond acceptors (Lipinski definition) is 5. The molecule has 4 rings (SSSR count). The second-order valence-electron chi connectivity index (χ2n) is 8.52. The second kappa shape index (κ2) is 9.16. The zero-order valence-electron chi connectivity index (χ0n) is 17.8. The molecule has 2 N–H and O–H groups in total. The second-order valence-corrected chi connectivity index (χ2v) is 8.93. The van der Waals surface area contributed by atoms with Crippen molar-refractivity contribution in [3.63, 3.8) is 0 Å². The lowest BCUT2D eigenvalue weighted by molar-refractivity contribution is -0.384. The van der Waals surface area contributed by atoms with E-state index in [2.05, 4.69) is 22.5 Å². The zero-order valence-corrected chi connectivity index (χ0v) is 18.5. The average Bonchev–Trinajstić information content (AvgIpc) is 3.58. The first-order chi connectivity index (χ1) is 15.3. The molecule has 1 aliphatic heterocycles. The molecule has 1 aliphatic carbocycles. The van der Waals surface area contributed by atoms with Crippen LogP contribution in [0.25, 0.3) is 0 Å². The molecule has 0 radical (unpaired) electrons. The standard InChI is InChI=1S/C23H25ClN4O4/c1-14-8-10-27(11-9-14)21-7-4-16(12-19(21)23(30)25-15-2-3-15)26-22(29)18-6-5-17(28(31)32)13-20(18)24/h4-7,12-15H,2-3,8-11H2,1H3,(H,25,30)(H,26,29). The van der Waals surface area contributed by atoms with E-state index >= 15 is 0 Å². The summed E-state index contributed by atoms with van der Waals surface area (Å²) in [6.45, 7) is 4.00. The Morgan fingerprint density at radius 1 is 1.03 bits per heavy atom. The molecule has 2 fully saturated rings. The van der Waals surface area contributed by atoms with Crippen LogP contribution in [0.3, 0.4) is 0 Å². The Morgan fingerprint density at radius 3 is 2.38 bits per heavy atom. The van der Waals surface area contributed by atoms with Gasteiger partial charge in [0.05, 0.1) is 21.1 Å². The maximum absolute atomic E-state index is 13.0. The number of anilines is 2. The van der Waals surface area contributed by atoms with Crippen molar-refractivity contribution in [2.45, 2.75) is 38.6 Å². The number of carbonyl (C=O) groups excluding carboxylic acids is 2. The number of nitro benzene ring substituents is 1. The quantitative estimate of drug-likeness (QED) is 0.487. The summed E-state index contributed by atoms with van der Waals surface area (Å²) in [5.41, 5.74) is 1.78. The van der Waals surface area contributed by atoms with E-state index in [4.69, 9.17) is 11.6 Å². The average molecular weight is 457 g/mol. The van der Waals surface area contributed by atoms with E-state index in [1.54, 1.807) is 12.1 Å². The predicted molar refractivity (Wildman–Crippen MR) is 124 cm³/mol. The van der Waals surface area contributed by atoms with Crippen LogP contribution in [-0.2, 0) is 0 Å². The fourth-order valence-corrected chi connectivity index (χ4v) is 4.07. The molecular formula is C23H25ClN4O4. The van der Waals surface area contributed by atoms with Crippen LogP contribution in [0.4, 0.5) is 17.1 Å². The molecule has 1 saturated heterocycles. The van der Waals surface area contributed by atoms with Gasteiger partial charge in [0, 0.05) is 42.6 Å². The van der Waals surface area contributed by atoms with Gasteiger partial charge in [0.25, 0.3) is 17.5 Å². The molecule has 0 spiro atoms. The van der Waals surface area contributed by atoms with Crippen molar-refractivity contribution in [1.29, 1.82) is 0 Å². The molecule has 2 aliphatic rings. The topological polar surface area (TPSA) is 105 Å². The first kappa shape index (κ1) is 22.1. The van der Waals surface area contributed by atoms with E-state index in [0.29, 0.717) is 17.2 Å². The van der Waals surface area contributed by atoms with Crippen molar-refractivity contribution >= 4 is 40.5 Å². The number of hydrogen-bond donors (Lipinski definition) is 2. The van der Waals surface area contributed by atoms with Crippen LogP contribution < -0.4 is 15.5 Å². The minimum Gasteiger partial charge on any atom is -0.371 e. The van der Waals surface area contributed by atoms with Crippen molar-refractivity contribution in [2.75, 3.05) is 23.3 Å². The number of halogens is 1. The maximum atomic E-state index is 13.0. The number of carbonyl (C=O) groups is 2. The van der Waals surface area contributed by atoms with E-state index in [-0.39, 0.29) is 28.2 Å². The molecule has 168 valence electrons. The SMILES string of the molecule is CC1CCN(c2ccc(NC(=O)c3ccc([N+](=O)[O-])cc3Cl)cc2C(=O)NC2CC2)CC1. The van der Waals surface area contributed by atoms with Crippen molar-refractivity contribution in [2.24, 2.45) is 5.92 Å². The van der Waals surface area contributed by atoms with Gasteiger partial charge in [-0.3, -0.25) is 19.7 Å². The minimum absolute atomic E-state index is 0.0116. The molecule has 2 aromatic rings. The van der Waals surface area contributed by atoms with Gasteiger partial charge in [-0.15, -0.1) is 0 Å². The Balaban J connectivity index is 1.58. The highest BCUT2D eigenvalue weighted by Crippen LogP contribution is 2.30. The molecule has 0 aromatic heterocycles. The third-order valence-electron chi connectivity index (χ3n) is 5.94. The summed E-state index contributed by atoms with van der Waals surface area (Å²) >= 11 is 6.08. The summed E-state index contributed by atoms with van der Waals surface area (Å²) < 4.78 is 0. The van der Waals surface area contributed by atoms with Crippen LogP contribution in [-0.4, -0.2) is 35.9 Å². The lowest BCUT2D eigenvalue weighted by Gasteiger charge is -2.33. The lowest BCUT2D eigenvalue weighted by atomic mass is 9.97. The monoisotopic (exact) mass is 456 g/mol. The highest BCUT2D eigenvalue weighted by molar-refractivity contribution is 6.34. The van der Waals surface area contributed by atoms with Crippen molar-refractivity contribution in [3.05, 3.63) is 62.7 Å². The van der Waals surface area contributed by atoms with E-state index in [0.717, 1.165) is 50.5 Å². The highest BCUT2D eigenvalue weighted by Gasteiger charge is 2.27. The number of amides is 2. The largest absolute Gasteiger partial charge is 0.371 e. The molecule has 1 heterocycles. The summed E-state index contributed by atoms with van der Waals surface area (Å²) in [7, 11) is 0. The third kappa shape index (κ3) is 5.02. The lowest BCUT2D eigenvalue weighted by Crippen LogP contribution is -2.35. The fourth-order valence-electron chi connectivity index (χ4n) is 3.81. The van der Waals surface area contributed by atoms with Gasteiger partial charge in [-0.2, -0.15) is 0 Å². The van der Waals surface area contributed by atoms with Gasteiger partial charge in [0.2, 0.25) is 0 Å². The highest BCUT2D eigenvalue weighted by atomic mass is 35.5. The Morgan fingerprint density at radius 2 is 1.75 bits per heavy atom. The molecule has 2 amide bonds. The molecule has 32 heavy (non-hydrogen) atoms. The van der Waals surface area contributed by atoms with Crippen molar-refractivity contribution in [1.82, 2.24) is 5.32 Å². The molecular weight excluding hydrogens is 432 g/mol. The first-order valence-electron chi connectivity index (χ1n) is 10.8. The van der Waals surface area contributed by atoms with Gasteiger partial charge in [-0.1, -0.05) is 18.5 Å². The van der Waals surface area contributed by atoms with Gasteiger partial charge in [0.1, 0.15) is 0 Å². The van der Waals surface area contributed by atoms with E-state index in [9.17, 15) is 19.7 Å².